The third-order valence-corrected chi connectivity index (χ3v) is 4.14. The summed E-state index contributed by atoms with van der Waals surface area (Å²) >= 11 is 0. The standard InChI is InChI=1S/C17H26N2O/c1-3-8-14-9-5-6-10-15(14)19-16(20)17(11-4-2)12-7-13-18-17/h5-6,9-10,18H,3-4,7-8,11-13H2,1-2H3,(H,19,20). The summed E-state index contributed by atoms with van der Waals surface area (Å²) in [5, 5.41) is 6.59. The molecule has 1 aromatic carbocycles. The third-order valence-electron chi connectivity index (χ3n) is 4.14. The Morgan fingerprint density at radius 3 is 2.75 bits per heavy atom. The number of benzene rings is 1. The lowest BCUT2D eigenvalue weighted by atomic mass is 9.90. The average molecular weight is 274 g/mol. The van der Waals surface area contributed by atoms with Crippen molar-refractivity contribution in [1.82, 2.24) is 5.32 Å². The van der Waals surface area contributed by atoms with E-state index < -0.39 is 0 Å². The molecule has 1 unspecified atom stereocenters. The zero-order chi connectivity index (χ0) is 14.4. The highest BCUT2D eigenvalue weighted by atomic mass is 16.2. The molecule has 1 amide bonds. The van der Waals surface area contributed by atoms with Gasteiger partial charge in [-0.2, -0.15) is 0 Å². The van der Waals surface area contributed by atoms with Gasteiger partial charge in [0.05, 0.1) is 5.54 Å². The Balaban J connectivity index is 2.14. The monoisotopic (exact) mass is 274 g/mol. The van der Waals surface area contributed by atoms with Crippen LogP contribution in [0.3, 0.4) is 0 Å². The Labute approximate surface area is 122 Å². The molecule has 0 aliphatic carbocycles. The first-order chi connectivity index (χ1) is 9.72. The summed E-state index contributed by atoms with van der Waals surface area (Å²) in [6, 6.07) is 8.14. The van der Waals surface area contributed by atoms with Crippen LogP contribution in [-0.4, -0.2) is 18.0 Å². The molecule has 110 valence electrons. The Morgan fingerprint density at radius 1 is 1.30 bits per heavy atom. The summed E-state index contributed by atoms with van der Waals surface area (Å²) in [5.74, 6) is 0.139. The summed E-state index contributed by atoms with van der Waals surface area (Å²) in [6.45, 7) is 5.25. The van der Waals surface area contributed by atoms with Gasteiger partial charge in [0.2, 0.25) is 5.91 Å². The quantitative estimate of drug-likeness (QED) is 0.833. The smallest absolute Gasteiger partial charge is 0.244 e. The van der Waals surface area contributed by atoms with Crippen LogP contribution in [0.15, 0.2) is 24.3 Å². The van der Waals surface area contributed by atoms with E-state index >= 15 is 0 Å². The van der Waals surface area contributed by atoms with Gasteiger partial charge >= 0.3 is 0 Å². The van der Waals surface area contributed by atoms with Crippen LogP contribution < -0.4 is 10.6 Å². The molecule has 0 aromatic heterocycles. The van der Waals surface area contributed by atoms with Crippen molar-refractivity contribution in [3.8, 4) is 0 Å². The van der Waals surface area contributed by atoms with Gasteiger partial charge in [-0.15, -0.1) is 0 Å². The van der Waals surface area contributed by atoms with Crippen LogP contribution in [0, 0.1) is 0 Å². The first-order valence-electron chi connectivity index (χ1n) is 7.86. The predicted octanol–water partition coefficient (Wildman–Crippen LogP) is 3.50. The maximum absolute atomic E-state index is 12.7. The summed E-state index contributed by atoms with van der Waals surface area (Å²) in [5.41, 5.74) is 1.85. The van der Waals surface area contributed by atoms with Gasteiger partial charge in [0.25, 0.3) is 0 Å². The first-order valence-corrected chi connectivity index (χ1v) is 7.86. The van der Waals surface area contributed by atoms with Gasteiger partial charge in [-0.1, -0.05) is 44.9 Å². The Kier molecular flexibility index (Phi) is 5.18. The number of carbonyl (C=O) groups excluding carboxylic acids is 1. The number of aryl methyl sites for hydroxylation is 1. The maximum atomic E-state index is 12.7. The van der Waals surface area contributed by atoms with Crippen LogP contribution >= 0.6 is 0 Å². The number of para-hydroxylation sites is 1. The fourth-order valence-electron chi connectivity index (χ4n) is 3.13. The highest BCUT2D eigenvalue weighted by molar-refractivity contribution is 5.98. The molecule has 1 aliphatic heterocycles. The van der Waals surface area contributed by atoms with Crippen LogP contribution in [0.4, 0.5) is 5.69 Å². The highest BCUT2D eigenvalue weighted by Gasteiger charge is 2.39. The minimum absolute atomic E-state index is 0.139. The van der Waals surface area contributed by atoms with Crippen LogP contribution in [0.1, 0.15) is 51.5 Å². The molecule has 1 fully saturated rings. The second kappa shape index (κ2) is 6.89. The number of hydrogen-bond donors (Lipinski definition) is 2. The number of amides is 1. The lowest BCUT2D eigenvalue weighted by Crippen LogP contribution is -2.50. The van der Waals surface area contributed by atoms with Gasteiger partial charge in [0.1, 0.15) is 0 Å². The molecule has 0 radical (unpaired) electrons. The van der Waals surface area contributed by atoms with Crippen LogP contribution in [0.5, 0.6) is 0 Å². The number of carbonyl (C=O) groups is 1. The molecule has 2 rings (SSSR count). The fourth-order valence-corrected chi connectivity index (χ4v) is 3.13. The average Bonchev–Trinajstić information content (AvgIpc) is 2.91. The van der Waals surface area contributed by atoms with E-state index in [2.05, 4.69) is 30.5 Å². The second-order valence-corrected chi connectivity index (χ2v) is 5.72. The molecule has 0 saturated carbocycles. The van der Waals surface area contributed by atoms with Crippen molar-refractivity contribution in [3.63, 3.8) is 0 Å². The molecular formula is C17H26N2O. The minimum atomic E-state index is -0.353. The maximum Gasteiger partial charge on any atom is 0.244 e. The normalized spacial score (nSPS) is 21.9. The zero-order valence-corrected chi connectivity index (χ0v) is 12.7. The zero-order valence-electron chi connectivity index (χ0n) is 12.7. The molecule has 0 bridgehead atoms. The molecule has 1 heterocycles. The van der Waals surface area contributed by atoms with E-state index in [0.29, 0.717) is 0 Å². The van der Waals surface area contributed by atoms with Crippen molar-refractivity contribution in [1.29, 1.82) is 0 Å². The molecule has 1 aliphatic rings. The second-order valence-electron chi connectivity index (χ2n) is 5.72. The van der Waals surface area contributed by atoms with E-state index in [1.807, 2.05) is 18.2 Å². The van der Waals surface area contributed by atoms with E-state index in [9.17, 15) is 4.79 Å². The van der Waals surface area contributed by atoms with Crippen LogP contribution in [0.2, 0.25) is 0 Å². The molecule has 3 nitrogen and oxygen atoms in total. The van der Waals surface area contributed by atoms with Gasteiger partial charge in [-0.25, -0.2) is 0 Å². The molecular weight excluding hydrogens is 248 g/mol. The highest BCUT2D eigenvalue weighted by Crippen LogP contribution is 2.27. The molecule has 1 aromatic rings. The molecule has 1 saturated heterocycles. The summed E-state index contributed by atoms with van der Waals surface area (Å²) in [4.78, 5) is 12.7. The third kappa shape index (κ3) is 3.21. The largest absolute Gasteiger partial charge is 0.324 e. The summed E-state index contributed by atoms with van der Waals surface area (Å²) in [6.07, 6.45) is 6.06. The lowest BCUT2D eigenvalue weighted by molar-refractivity contribution is -0.122. The number of nitrogens with one attached hydrogen (secondary N) is 2. The van der Waals surface area contributed by atoms with E-state index in [0.717, 1.165) is 50.8 Å². The predicted molar refractivity (Wildman–Crippen MR) is 83.9 cm³/mol. The van der Waals surface area contributed by atoms with E-state index in [1.54, 1.807) is 0 Å². The number of rotatable bonds is 6. The Morgan fingerprint density at radius 2 is 2.10 bits per heavy atom. The van der Waals surface area contributed by atoms with Crippen molar-refractivity contribution >= 4 is 11.6 Å². The van der Waals surface area contributed by atoms with Gasteiger partial charge in [0.15, 0.2) is 0 Å². The van der Waals surface area contributed by atoms with Crippen molar-refractivity contribution < 1.29 is 4.79 Å². The topological polar surface area (TPSA) is 41.1 Å². The Bertz CT molecular complexity index is 450. The minimum Gasteiger partial charge on any atom is -0.324 e. The molecule has 1 atom stereocenters. The Hall–Kier alpha value is -1.35. The molecule has 2 N–H and O–H groups in total. The molecule has 20 heavy (non-hydrogen) atoms. The van der Waals surface area contributed by atoms with Crippen molar-refractivity contribution in [2.45, 2.75) is 57.9 Å². The number of hydrogen-bond acceptors (Lipinski definition) is 2. The van der Waals surface area contributed by atoms with Crippen molar-refractivity contribution in [2.75, 3.05) is 11.9 Å². The van der Waals surface area contributed by atoms with E-state index in [4.69, 9.17) is 0 Å². The SMILES string of the molecule is CCCc1ccccc1NC(=O)C1(CCC)CCCN1. The van der Waals surface area contributed by atoms with Gasteiger partial charge < -0.3 is 10.6 Å². The van der Waals surface area contributed by atoms with E-state index in [1.165, 1.54) is 5.56 Å². The first kappa shape index (κ1) is 15.0. The van der Waals surface area contributed by atoms with Crippen molar-refractivity contribution in [2.24, 2.45) is 0 Å². The van der Waals surface area contributed by atoms with Crippen LogP contribution in [0.25, 0.3) is 0 Å². The van der Waals surface area contributed by atoms with E-state index in [-0.39, 0.29) is 11.4 Å². The van der Waals surface area contributed by atoms with Gasteiger partial charge in [-0.05, 0) is 43.9 Å². The fraction of sp³-hybridized carbons (Fsp3) is 0.588. The number of anilines is 1. The summed E-state index contributed by atoms with van der Waals surface area (Å²) in [7, 11) is 0. The molecule has 0 spiro atoms. The van der Waals surface area contributed by atoms with Crippen molar-refractivity contribution in [3.05, 3.63) is 29.8 Å². The lowest BCUT2D eigenvalue weighted by Gasteiger charge is -2.28. The van der Waals surface area contributed by atoms with Gasteiger partial charge in [-0.3, -0.25) is 4.79 Å². The summed E-state index contributed by atoms with van der Waals surface area (Å²) < 4.78 is 0. The van der Waals surface area contributed by atoms with Crippen LogP contribution in [-0.2, 0) is 11.2 Å². The van der Waals surface area contributed by atoms with Gasteiger partial charge in [0, 0.05) is 5.69 Å². The molecule has 3 heteroatoms.